The highest BCUT2D eigenvalue weighted by atomic mass is 16.5. The molecule has 2 aromatic carbocycles. The molecule has 3 amide bonds. The van der Waals surface area contributed by atoms with Crippen molar-refractivity contribution in [1.82, 2.24) is 9.78 Å². The molecule has 4 heterocycles. The van der Waals surface area contributed by atoms with Crippen molar-refractivity contribution in [2.75, 3.05) is 36.1 Å². The number of morpholine rings is 1. The van der Waals surface area contributed by atoms with E-state index >= 15 is 0 Å². The summed E-state index contributed by atoms with van der Waals surface area (Å²) < 4.78 is 12.5. The summed E-state index contributed by atoms with van der Waals surface area (Å²) in [5.41, 5.74) is 9.77. The summed E-state index contributed by atoms with van der Waals surface area (Å²) in [5, 5.41) is 4.45. The molecule has 1 saturated heterocycles. The first-order valence-corrected chi connectivity index (χ1v) is 11.9. The summed E-state index contributed by atoms with van der Waals surface area (Å²) in [4.78, 5) is 41.8. The molecule has 36 heavy (non-hydrogen) atoms. The van der Waals surface area contributed by atoms with E-state index in [1.54, 1.807) is 16.7 Å². The third-order valence-electron chi connectivity index (χ3n) is 6.94. The number of benzene rings is 2. The first kappa shape index (κ1) is 22.3. The van der Waals surface area contributed by atoms with Gasteiger partial charge in [0.05, 0.1) is 18.9 Å². The highest BCUT2D eigenvalue weighted by Gasteiger charge is 2.35. The van der Waals surface area contributed by atoms with Crippen LogP contribution in [0.15, 0.2) is 42.5 Å². The molecule has 0 saturated carbocycles. The number of rotatable bonds is 4. The number of fused-ring (bicyclic) bond motifs is 2. The molecule has 1 fully saturated rings. The Labute approximate surface area is 207 Å². The molecule has 2 N–H and O–H groups in total. The first-order chi connectivity index (χ1) is 17.4. The lowest BCUT2D eigenvalue weighted by atomic mass is 10.0. The average molecular weight is 488 g/mol. The van der Waals surface area contributed by atoms with Gasteiger partial charge in [-0.05, 0) is 61.4 Å². The van der Waals surface area contributed by atoms with E-state index in [2.05, 4.69) is 5.10 Å². The number of hydrogen-bond donors (Lipinski definition) is 1. The molecule has 0 aliphatic carbocycles. The summed E-state index contributed by atoms with van der Waals surface area (Å²) in [7, 11) is 0. The molecule has 6 rings (SSSR count). The molecular weight excluding hydrogens is 462 g/mol. The van der Waals surface area contributed by atoms with Gasteiger partial charge in [0.1, 0.15) is 17.5 Å². The molecule has 184 valence electrons. The maximum absolute atomic E-state index is 13.8. The number of aromatic nitrogens is 2. The Bertz CT molecular complexity index is 1400. The van der Waals surface area contributed by atoms with Crippen molar-refractivity contribution in [3.8, 4) is 11.4 Å². The number of carbonyl (C=O) groups is 3. The van der Waals surface area contributed by atoms with E-state index in [-0.39, 0.29) is 17.5 Å². The molecule has 3 aliphatic heterocycles. The third kappa shape index (κ3) is 3.53. The predicted octanol–water partition coefficient (Wildman–Crippen LogP) is 1.86. The summed E-state index contributed by atoms with van der Waals surface area (Å²) in [6.45, 7) is 3.69. The maximum Gasteiger partial charge on any atom is 0.277 e. The van der Waals surface area contributed by atoms with Crippen LogP contribution in [0.2, 0.25) is 0 Å². The van der Waals surface area contributed by atoms with Crippen LogP contribution in [0.5, 0.6) is 5.75 Å². The summed E-state index contributed by atoms with van der Waals surface area (Å²) in [6.07, 6.45) is 0.729. The number of anilines is 2. The normalized spacial score (nSPS) is 19.2. The number of ether oxygens (including phenoxy) is 2. The van der Waals surface area contributed by atoms with Gasteiger partial charge in [0.15, 0.2) is 5.69 Å². The third-order valence-corrected chi connectivity index (χ3v) is 6.94. The molecule has 0 bridgehead atoms. The molecule has 10 nitrogen and oxygen atoms in total. The SMILES string of the molecule is CC1OCCN(c2ccc(N3CCc4c(C(N)=O)nn(-c5ccc6c(c5)CCO6)c4C3=O)cc2)C1=O. The van der Waals surface area contributed by atoms with Crippen molar-refractivity contribution in [3.63, 3.8) is 0 Å². The lowest BCUT2D eigenvalue weighted by Gasteiger charge is -2.32. The summed E-state index contributed by atoms with van der Waals surface area (Å²) >= 11 is 0. The minimum atomic E-state index is -0.662. The van der Waals surface area contributed by atoms with Gasteiger partial charge in [0.25, 0.3) is 17.7 Å². The smallest absolute Gasteiger partial charge is 0.277 e. The molecule has 10 heteroatoms. The van der Waals surface area contributed by atoms with Crippen LogP contribution in [-0.4, -0.2) is 59.9 Å². The van der Waals surface area contributed by atoms with E-state index in [1.807, 2.05) is 42.5 Å². The van der Waals surface area contributed by atoms with E-state index < -0.39 is 12.0 Å². The topological polar surface area (TPSA) is 120 Å². The highest BCUT2D eigenvalue weighted by molar-refractivity contribution is 6.09. The van der Waals surface area contributed by atoms with Gasteiger partial charge in [-0.15, -0.1) is 0 Å². The van der Waals surface area contributed by atoms with Crippen molar-refractivity contribution in [1.29, 1.82) is 0 Å². The van der Waals surface area contributed by atoms with Crippen LogP contribution in [0.3, 0.4) is 0 Å². The van der Waals surface area contributed by atoms with Crippen molar-refractivity contribution in [3.05, 3.63) is 65.0 Å². The van der Waals surface area contributed by atoms with Gasteiger partial charge < -0.3 is 25.0 Å². The molecule has 1 atom stereocenters. The van der Waals surface area contributed by atoms with E-state index in [0.29, 0.717) is 55.4 Å². The van der Waals surface area contributed by atoms with Gasteiger partial charge in [-0.1, -0.05) is 0 Å². The quantitative estimate of drug-likeness (QED) is 0.600. The number of nitrogens with zero attached hydrogens (tertiary/aromatic N) is 4. The van der Waals surface area contributed by atoms with Crippen molar-refractivity contribution >= 4 is 29.1 Å². The van der Waals surface area contributed by atoms with E-state index in [4.69, 9.17) is 15.2 Å². The highest BCUT2D eigenvalue weighted by Crippen LogP contribution is 2.32. The van der Waals surface area contributed by atoms with Crippen molar-refractivity contribution in [2.24, 2.45) is 5.73 Å². The van der Waals surface area contributed by atoms with Crippen molar-refractivity contribution in [2.45, 2.75) is 25.9 Å². The Morgan fingerprint density at radius 3 is 2.44 bits per heavy atom. The number of amides is 3. The second-order valence-electron chi connectivity index (χ2n) is 9.07. The Morgan fingerprint density at radius 1 is 0.972 bits per heavy atom. The van der Waals surface area contributed by atoms with Crippen LogP contribution in [0.25, 0.3) is 5.69 Å². The molecular formula is C26H25N5O5. The zero-order chi connectivity index (χ0) is 25.0. The second kappa shape index (κ2) is 8.49. The lowest BCUT2D eigenvalue weighted by Crippen LogP contribution is -2.46. The zero-order valence-electron chi connectivity index (χ0n) is 19.8. The van der Waals surface area contributed by atoms with Gasteiger partial charge in [0, 0.05) is 36.4 Å². The largest absolute Gasteiger partial charge is 0.493 e. The number of hydrogen-bond acceptors (Lipinski definition) is 6. The van der Waals surface area contributed by atoms with Gasteiger partial charge in [-0.2, -0.15) is 5.10 Å². The van der Waals surface area contributed by atoms with Crippen LogP contribution in [0.4, 0.5) is 11.4 Å². The van der Waals surface area contributed by atoms with E-state index in [0.717, 1.165) is 23.4 Å². The van der Waals surface area contributed by atoms with Gasteiger partial charge in [-0.25, -0.2) is 4.68 Å². The lowest BCUT2D eigenvalue weighted by molar-refractivity contribution is -0.132. The van der Waals surface area contributed by atoms with Gasteiger partial charge >= 0.3 is 0 Å². The summed E-state index contributed by atoms with van der Waals surface area (Å²) in [6, 6.07) is 12.9. The fraction of sp³-hybridized carbons (Fsp3) is 0.308. The molecule has 0 radical (unpaired) electrons. The maximum atomic E-state index is 13.8. The molecule has 1 aromatic heterocycles. The number of primary amides is 1. The van der Waals surface area contributed by atoms with E-state index in [9.17, 15) is 14.4 Å². The zero-order valence-corrected chi connectivity index (χ0v) is 19.8. The van der Waals surface area contributed by atoms with Crippen LogP contribution in [0, 0.1) is 0 Å². The Kier molecular flexibility index (Phi) is 5.26. The fourth-order valence-electron chi connectivity index (χ4n) is 5.09. The molecule has 3 aliphatic rings. The molecule has 0 spiro atoms. The second-order valence-corrected chi connectivity index (χ2v) is 9.07. The van der Waals surface area contributed by atoms with Crippen LogP contribution in [0.1, 0.15) is 39.0 Å². The minimum absolute atomic E-state index is 0.0877. The first-order valence-electron chi connectivity index (χ1n) is 11.9. The van der Waals surface area contributed by atoms with E-state index in [1.165, 1.54) is 4.68 Å². The Balaban J connectivity index is 1.35. The number of carbonyl (C=O) groups excluding carboxylic acids is 3. The minimum Gasteiger partial charge on any atom is -0.493 e. The molecule has 1 unspecified atom stereocenters. The van der Waals surface area contributed by atoms with Crippen molar-refractivity contribution < 1.29 is 23.9 Å². The Hall–Kier alpha value is -4.18. The van der Waals surface area contributed by atoms with Gasteiger partial charge in [-0.3, -0.25) is 14.4 Å². The van der Waals surface area contributed by atoms with Gasteiger partial charge in [0.2, 0.25) is 0 Å². The van der Waals surface area contributed by atoms with Crippen LogP contribution < -0.4 is 20.3 Å². The predicted molar refractivity (Wildman–Crippen MR) is 131 cm³/mol. The number of nitrogens with two attached hydrogens (primary N) is 1. The van der Waals surface area contributed by atoms with Crippen LogP contribution >= 0.6 is 0 Å². The Morgan fingerprint density at radius 2 is 1.69 bits per heavy atom. The fourth-order valence-corrected chi connectivity index (χ4v) is 5.09. The summed E-state index contributed by atoms with van der Waals surface area (Å²) in [5.74, 6) is -0.201. The average Bonchev–Trinajstić information content (AvgIpc) is 3.51. The molecule has 3 aromatic rings. The standard InChI is InChI=1S/C26H25N5O5/c1-15-25(33)30(11-13-35-15)18-4-2-17(3-5-18)29-10-8-20-22(24(27)32)28-31(23(20)26(29)34)19-6-7-21-16(14-19)9-12-36-21/h2-7,14-15H,8-13H2,1H3,(H2,27,32). The monoisotopic (exact) mass is 487 g/mol. The van der Waals surface area contributed by atoms with Crippen LogP contribution in [-0.2, 0) is 22.4 Å².